The largest absolute Gasteiger partial charge is 0.492 e. The molecule has 1 heterocycles. The highest BCUT2D eigenvalue weighted by Gasteiger charge is 2.11. The molecular formula is C22H24N2O2. The predicted molar refractivity (Wildman–Crippen MR) is 107 cm³/mol. The van der Waals surface area contributed by atoms with Gasteiger partial charge < -0.3 is 15.2 Å². The summed E-state index contributed by atoms with van der Waals surface area (Å²) in [6, 6.07) is 20.6. The van der Waals surface area contributed by atoms with Crippen LogP contribution < -0.4 is 10.5 Å². The molecule has 1 aliphatic heterocycles. The standard InChI is InChI=1S/C22H24N2O2/c23-19-6-3-5-17(14-19)22-16-20(15-18-4-1-2-7-21(18)22)26-13-10-24-8-11-25-12-9-24/h1-7,14-16H,8-13,23H2. The summed E-state index contributed by atoms with van der Waals surface area (Å²) >= 11 is 0. The molecule has 0 unspecified atom stereocenters. The van der Waals surface area contributed by atoms with E-state index in [0.717, 1.165) is 55.4 Å². The summed E-state index contributed by atoms with van der Waals surface area (Å²) in [6.07, 6.45) is 0. The van der Waals surface area contributed by atoms with E-state index < -0.39 is 0 Å². The molecule has 3 aromatic carbocycles. The van der Waals surface area contributed by atoms with Crippen molar-refractivity contribution >= 4 is 16.5 Å². The van der Waals surface area contributed by atoms with Crippen LogP contribution in [-0.2, 0) is 4.74 Å². The van der Waals surface area contributed by atoms with Crippen LogP contribution in [0, 0.1) is 0 Å². The lowest BCUT2D eigenvalue weighted by Crippen LogP contribution is -2.38. The van der Waals surface area contributed by atoms with Crippen LogP contribution in [0.25, 0.3) is 21.9 Å². The van der Waals surface area contributed by atoms with Gasteiger partial charge in [-0.1, -0.05) is 36.4 Å². The molecule has 4 nitrogen and oxygen atoms in total. The number of morpholine rings is 1. The smallest absolute Gasteiger partial charge is 0.120 e. The summed E-state index contributed by atoms with van der Waals surface area (Å²) in [5.41, 5.74) is 9.02. The van der Waals surface area contributed by atoms with Crippen LogP contribution in [0.3, 0.4) is 0 Å². The van der Waals surface area contributed by atoms with Crippen molar-refractivity contribution < 1.29 is 9.47 Å². The molecule has 3 aromatic rings. The lowest BCUT2D eigenvalue weighted by molar-refractivity contribution is 0.0322. The van der Waals surface area contributed by atoms with Gasteiger partial charge in [0.1, 0.15) is 12.4 Å². The van der Waals surface area contributed by atoms with E-state index in [1.165, 1.54) is 10.8 Å². The quantitative estimate of drug-likeness (QED) is 0.713. The topological polar surface area (TPSA) is 47.7 Å². The number of ether oxygens (including phenoxy) is 2. The molecule has 0 amide bonds. The van der Waals surface area contributed by atoms with Gasteiger partial charge >= 0.3 is 0 Å². The lowest BCUT2D eigenvalue weighted by Gasteiger charge is -2.26. The summed E-state index contributed by atoms with van der Waals surface area (Å²) in [5.74, 6) is 0.898. The SMILES string of the molecule is Nc1cccc(-c2cc(OCCN3CCOCC3)cc3ccccc23)c1. The fourth-order valence-electron chi connectivity index (χ4n) is 3.43. The minimum atomic E-state index is 0.675. The Labute approximate surface area is 154 Å². The third kappa shape index (κ3) is 3.82. The number of nitrogens with zero attached hydrogens (tertiary/aromatic N) is 1. The van der Waals surface area contributed by atoms with E-state index in [0.29, 0.717) is 6.61 Å². The molecule has 0 aliphatic carbocycles. The molecule has 134 valence electrons. The molecule has 0 atom stereocenters. The average molecular weight is 348 g/mol. The number of nitrogen functional groups attached to an aromatic ring is 1. The molecule has 4 rings (SSSR count). The number of nitrogens with two attached hydrogens (primary N) is 1. The maximum atomic E-state index is 6.10. The van der Waals surface area contributed by atoms with Gasteiger partial charge in [0.05, 0.1) is 13.2 Å². The molecule has 0 bridgehead atoms. The van der Waals surface area contributed by atoms with Crippen molar-refractivity contribution in [3.05, 3.63) is 60.7 Å². The Bertz CT molecular complexity index is 888. The highest BCUT2D eigenvalue weighted by Crippen LogP contribution is 2.33. The molecule has 1 aliphatic rings. The molecule has 0 aromatic heterocycles. The van der Waals surface area contributed by atoms with E-state index in [1.54, 1.807) is 0 Å². The van der Waals surface area contributed by atoms with Crippen molar-refractivity contribution in [3.63, 3.8) is 0 Å². The first-order chi connectivity index (χ1) is 12.8. The summed E-state index contributed by atoms with van der Waals surface area (Å²) in [7, 11) is 0. The zero-order chi connectivity index (χ0) is 17.8. The highest BCUT2D eigenvalue weighted by molar-refractivity contribution is 5.98. The minimum absolute atomic E-state index is 0.675. The fraction of sp³-hybridized carbons (Fsp3) is 0.273. The van der Waals surface area contributed by atoms with E-state index >= 15 is 0 Å². The van der Waals surface area contributed by atoms with Crippen LogP contribution in [0.4, 0.5) is 5.69 Å². The Hall–Kier alpha value is -2.56. The third-order valence-electron chi connectivity index (χ3n) is 4.81. The van der Waals surface area contributed by atoms with Crippen molar-refractivity contribution in [1.29, 1.82) is 0 Å². The van der Waals surface area contributed by atoms with Gasteiger partial charge in [0.25, 0.3) is 0 Å². The summed E-state index contributed by atoms with van der Waals surface area (Å²) in [6.45, 7) is 5.19. The van der Waals surface area contributed by atoms with Gasteiger partial charge in [-0.3, -0.25) is 4.90 Å². The van der Waals surface area contributed by atoms with Crippen molar-refractivity contribution in [1.82, 2.24) is 4.90 Å². The number of rotatable bonds is 5. The van der Waals surface area contributed by atoms with Gasteiger partial charge in [-0.2, -0.15) is 0 Å². The van der Waals surface area contributed by atoms with E-state index in [4.69, 9.17) is 15.2 Å². The number of fused-ring (bicyclic) bond motifs is 1. The van der Waals surface area contributed by atoms with Gasteiger partial charge in [0.15, 0.2) is 0 Å². The van der Waals surface area contributed by atoms with Crippen molar-refractivity contribution in [3.8, 4) is 16.9 Å². The van der Waals surface area contributed by atoms with E-state index in [2.05, 4.69) is 47.4 Å². The van der Waals surface area contributed by atoms with E-state index in [-0.39, 0.29) is 0 Å². The first-order valence-corrected chi connectivity index (χ1v) is 9.11. The van der Waals surface area contributed by atoms with Gasteiger partial charge in [-0.25, -0.2) is 0 Å². The summed E-state index contributed by atoms with van der Waals surface area (Å²) < 4.78 is 11.5. The molecular weight excluding hydrogens is 324 g/mol. The van der Waals surface area contributed by atoms with Crippen LogP contribution in [0.15, 0.2) is 60.7 Å². The molecule has 1 fully saturated rings. The Morgan fingerprint density at radius 2 is 1.81 bits per heavy atom. The van der Waals surface area contributed by atoms with Gasteiger partial charge in [0, 0.05) is 25.3 Å². The van der Waals surface area contributed by atoms with Crippen LogP contribution >= 0.6 is 0 Å². The first-order valence-electron chi connectivity index (χ1n) is 9.11. The van der Waals surface area contributed by atoms with Crippen molar-refractivity contribution in [2.75, 3.05) is 45.2 Å². The molecule has 4 heteroatoms. The van der Waals surface area contributed by atoms with Gasteiger partial charge in [0.2, 0.25) is 0 Å². The second-order valence-corrected chi connectivity index (χ2v) is 6.62. The fourth-order valence-corrected chi connectivity index (χ4v) is 3.43. The maximum absolute atomic E-state index is 6.10. The zero-order valence-corrected chi connectivity index (χ0v) is 14.9. The van der Waals surface area contributed by atoms with Crippen LogP contribution in [0.1, 0.15) is 0 Å². The Morgan fingerprint density at radius 1 is 0.962 bits per heavy atom. The maximum Gasteiger partial charge on any atom is 0.120 e. The molecule has 0 spiro atoms. The molecule has 0 saturated carbocycles. The van der Waals surface area contributed by atoms with Crippen LogP contribution in [0.5, 0.6) is 5.75 Å². The molecule has 1 saturated heterocycles. The third-order valence-corrected chi connectivity index (χ3v) is 4.81. The van der Waals surface area contributed by atoms with E-state index in [9.17, 15) is 0 Å². The Kier molecular flexibility index (Phi) is 5.04. The molecule has 26 heavy (non-hydrogen) atoms. The second kappa shape index (κ2) is 7.77. The summed E-state index contributed by atoms with van der Waals surface area (Å²) in [5, 5.41) is 2.38. The Balaban J connectivity index is 1.59. The van der Waals surface area contributed by atoms with Crippen LogP contribution in [0.2, 0.25) is 0 Å². The lowest BCUT2D eigenvalue weighted by atomic mass is 9.97. The predicted octanol–water partition coefficient (Wildman–Crippen LogP) is 3.80. The minimum Gasteiger partial charge on any atom is -0.492 e. The van der Waals surface area contributed by atoms with Gasteiger partial charge in [-0.05, 0) is 46.2 Å². The molecule has 0 radical (unpaired) electrons. The number of hydrogen-bond acceptors (Lipinski definition) is 4. The Morgan fingerprint density at radius 3 is 2.65 bits per heavy atom. The zero-order valence-electron chi connectivity index (χ0n) is 14.9. The first kappa shape index (κ1) is 16.9. The molecule has 2 N–H and O–H groups in total. The second-order valence-electron chi connectivity index (χ2n) is 6.62. The van der Waals surface area contributed by atoms with Crippen molar-refractivity contribution in [2.45, 2.75) is 0 Å². The van der Waals surface area contributed by atoms with Gasteiger partial charge in [-0.15, -0.1) is 0 Å². The summed E-state index contributed by atoms with van der Waals surface area (Å²) in [4.78, 5) is 2.38. The highest BCUT2D eigenvalue weighted by atomic mass is 16.5. The monoisotopic (exact) mass is 348 g/mol. The van der Waals surface area contributed by atoms with Crippen LogP contribution in [-0.4, -0.2) is 44.4 Å². The van der Waals surface area contributed by atoms with E-state index in [1.807, 2.05) is 18.2 Å². The normalized spacial score (nSPS) is 15.2. The average Bonchev–Trinajstić information content (AvgIpc) is 2.68. The number of hydrogen-bond donors (Lipinski definition) is 1. The number of benzene rings is 3. The number of anilines is 1. The van der Waals surface area contributed by atoms with Crippen molar-refractivity contribution in [2.24, 2.45) is 0 Å².